The van der Waals surface area contributed by atoms with Crippen molar-refractivity contribution in [3.8, 4) is 0 Å². The molecule has 1 aromatic carbocycles. The number of carboxylic acid groups (broad SMARTS) is 1. The molecular weight excluding hydrogens is 242 g/mol. The maximum Gasteiger partial charge on any atom is 0.307 e. The van der Waals surface area contributed by atoms with E-state index in [1.807, 2.05) is 30.3 Å². The molecule has 1 aromatic rings. The summed E-state index contributed by atoms with van der Waals surface area (Å²) < 4.78 is 0. The summed E-state index contributed by atoms with van der Waals surface area (Å²) in [7, 11) is 0. The van der Waals surface area contributed by atoms with Gasteiger partial charge in [-0.05, 0) is 18.4 Å². The molecule has 0 aromatic heterocycles. The van der Waals surface area contributed by atoms with E-state index in [1.54, 1.807) is 0 Å². The molecule has 3 atom stereocenters. The second-order valence-corrected chi connectivity index (χ2v) is 5.05. The molecule has 1 aliphatic carbocycles. The van der Waals surface area contributed by atoms with E-state index < -0.39 is 11.9 Å². The molecule has 102 valence electrons. The Labute approximate surface area is 112 Å². The van der Waals surface area contributed by atoms with Crippen LogP contribution in [0.5, 0.6) is 0 Å². The zero-order chi connectivity index (χ0) is 13.8. The standard InChI is InChI=1S/C15H19NO3/c1-2-6-13(10-7-4-3-5-8-10)16-14(17)11-9-12(11)15(18)19/h3-5,7-8,11-13H,2,6,9H2,1H3,(H,16,17)(H,18,19)/t11-,12+,13?/m1/s1. The van der Waals surface area contributed by atoms with Crippen LogP contribution in [-0.4, -0.2) is 17.0 Å². The fraction of sp³-hybridized carbons (Fsp3) is 0.467. The molecule has 0 saturated heterocycles. The van der Waals surface area contributed by atoms with Crippen molar-refractivity contribution in [1.82, 2.24) is 5.32 Å². The van der Waals surface area contributed by atoms with Crippen LogP contribution in [0.3, 0.4) is 0 Å². The van der Waals surface area contributed by atoms with Crippen LogP contribution in [0.15, 0.2) is 30.3 Å². The molecule has 4 heteroatoms. The average molecular weight is 261 g/mol. The molecule has 2 N–H and O–H groups in total. The number of hydrogen-bond acceptors (Lipinski definition) is 2. The van der Waals surface area contributed by atoms with Gasteiger partial charge in [-0.2, -0.15) is 0 Å². The Morgan fingerprint density at radius 3 is 2.53 bits per heavy atom. The third-order valence-corrected chi connectivity index (χ3v) is 3.54. The quantitative estimate of drug-likeness (QED) is 0.826. The van der Waals surface area contributed by atoms with Crippen molar-refractivity contribution in [2.75, 3.05) is 0 Å². The van der Waals surface area contributed by atoms with Gasteiger partial charge in [0, 0.05) is 0 Å². The number of amides is 1. The summed E-state index contributed by atoms with van der Waals surface area (Å²) in [5.41, 5.74) is 1.07. The lowest BCUT2D eigenvalue weighted by Gasteiger charge is -2.18. The second kappa shape index (κ2) is 5.87. The second-order valence-electron chi connectivity index (χ2n) is 5.05. The lowest BCUT2D eigenvalue weighted by Crippen LogP contribution is -2.30. The Kier molecular flexibility index (Phi) is 4.20. The first-order chi connectivity index (χ1) is 9.13. The largest absolute Gasteiger partial charge is 0.481 e. The number of carbonyl (C=O) groups excluding carboxylic acids is 1. The van der Waals surface area contributed by atoms with Gasteiger partial charge >= 0.3 is 5.97 Å². The Bertz CT molecular complexity index is 458. The number of benzene rings is 1. The normalized spacial score (nSPS) is 22.6. The third kappa shape index (κ3) is 3.34. The summed E-state index contributed by atoms with van der Waals surface area (Å²) >= 11 is 0. The average Bonchev–Trinajstić information content (AvgIpc) is 3.19. The maximum atomic E-state index is 12.0. The lowest BCUT2D eigenvalue weighted by atomic mass is 10.0. The topological polar surface area (TPSA) is 66.4 Å². The smallest absolute Gasteiger partial charge is 0.307 e. The van der Waals surface area contributed by atoms with Crippen molar-refractivity contribution >= 4 is 11.9 Å². The molecule has 0 bridgehead atoms. The molecule has 1 unspecified atom stereocenters. The molecule has 0 spiro atoms. The highest BCUT2D eigenvalue weighted by atomic mass is 16.4. The van der Waals surface area contributed by atoms with Gasteiger partial charge in [0.2, 0.25) is 5.91 Å². The van der Waals surface area contributed by atoms with Gasteiger partial charge in [-0.3, -0.25) is 9.59 Å². The van der Waals surface area contributed by atoms with Crippen molar-refractivity contribution in [3.63, 3.8) is 0 Å². The molecular formula is C15H19NO3. The van der Waals surface area contributed by atoms with E-state index in [1.165, 1.54) is 0 Å². The van der Waals surface area contributed by atoms with Crippen molar-refractivity contribution in [2.24, 2.45) is 11.8 Å². The summed E-state index contributed by atoms with van der Waals surface area (Å²) in [6, 6.07) is 9.79. The van der Waals surface area contributed by atoms with E-state index in [9.17, 15) is 9.59 Å². The predicted octanol–water partition coefficient (Wildman–Crippen LogP) is 2.36. The van der Waals surface area contributed by atoms with Crippen LogP contribution in [-0.2, 0) is 9.59 Å². The van der Waals surface area contributed by atoms with Gasteiger partial charge in [0.25, 0.3) is 0 Å². The van der Waals surface area contributed by atoms with E-state index in [0.717, 1.165) is 18.4 Å². The maximum absolute atomic E-state index is 12.0. The van der Waals surface area contributed by atoms with Crippen LogP contribution in [0.25, 0.3) is 0 Å². The summed E-state index contributed by atoms with van der Waals surface area (Å²) in [6.45, 7) is 2.07. The highest BCUT2D eigenvalue weighted by Gasteiger charge is 2.48. The fourth-order valence-electron chi connectivity index (χ4n) is 2.33. The first-order valence-corrected chi connectivity index (χ1v) is 6.71. The van der Waals surface area contributed by atoms with Crippen LogP contribution in [0.2, 0.25) is 0 Å². The van der Waals surface area contributed by atoms with Gasteiger partial charge in [-0.15, -0.1) is 0 Å². The van der Waals surface area contributed by atoms with Gasteiger partial charge in [0.15, 0.2) is 0 Å². The van der Waals surface area contributed by atoms with Gasteiger partial charge in [0.05, 0.1) is 17.9 Å². The minimum Gasteiger partial charge on any atom is -0.481 e. The number of rotatable bonds is 6. The number of nitrogens with one attached hydrogen (secondary N) is 1. The van der Waals surface area contributed by atoms with Crippen molar-refractivity contribution in [3.05, 3.63) is 35.9 Å². The van der Waals surface area contributed by atoms with E-state index in [2.05, 4.69) is 12.2 Å². The molecule has 2 rings (SSSR count). The minimum absolute atomic E-state index is 0.0197. The highest BCUT2D eigenvalue weighted by Crippen LogP contribution is 2.39. The summed E-state index contributed by atoms with van der Waals surface area (Å²) in [5.74, 6) is -1.83. The Hall–Kier alpha value is -1.84. The van der Waals surface area contributed by atoms with Crippen molar-refractivity contribution < 1.29 is 14.7 Å². The monoisotopic (exact) mass is 261 g/mol. The fourth-order valence-corrected chi connectivity index (χ4v) is 2.33. The Morgan fingerprint density at radius 1 is 1.32 bits per heavy atom. The Morgan fingerprint density at radius 2 is 2.00 bits per heavy atom. The highest BCUT2D eigenvalue weighted by molar-refractivity contribution is 5.89. The zero-order valence-electron chi connectivity index (χ0n) is 11.0. The molecule has 1 amide bonds. The zero-order valence-corrected chi connectivity index (χ0v) is 11.0. The lowest BCUT2D eigenvalue weighted by molar-refractivity contribution is -0.140. The van der Waals surface area contributed by atoms with Crippen LogP contribution in [0, 0.1) is 11.8 Å². The molecule has 0 radical (unpaired) electrons. The molecule has 4 nitrogen and oxygen atoms in total. The van der Waals surface area contributed by atoms with E-state index >= 15 is 0 Å². The van der Waals surface area contributed by atoms with E-state index in [0.29, 0.717) is 6.42 Å². The minimum atomic E-state index is -0.869. The SMILES string of the molecule is CCCC(NC(=O)[C@@H]1C[C@@H]1C(=O)O)c1ccccc1. The van der Waals surface area contributed by atoms with Gasteiger partial charge in [-0.1, -0.05) is 43.7 Å². The van der Waals surface area contributed by atoms with Crippen molar-refractivity contribution in [2.45, 2.75) is 32.2 Å². The number of carbonyl (C=O) groups is 2. The number of aliphatic carboxylic acids is 1. The van der Waals surface area contributed by atoms with E-state index in [-0.39, 0.29) is 17.9 Å². The summed E-state index contributed by atoms with van der Waals surface area (Å²) in [4.78, 5) is 22.8. The first-order valence-electron chi connectivity index (χ1n) is 6.71. The summed E-state index contributed by atoms with van der Waals surface area (Å²) in [6.07, 6.45) is 2.29. The molecule has 0 heterocycles. The molecule has 0 aliphatic heterocycles. The molecule has 1 aliphatic rings. The van der Waals surface area contributed by atoms with Gasteiger partial charge in [-0.25, -0.2) is 0 Å². The molecule has 1 fully saturated rings. The van der Waals surface area contributed by atoms with Crippen LogP contribution in [0.4, 0.5) is 0 Å². The van der Waals surface area contributed by atoms with Crippen LogP contribution < -0.4 is 5.32 Å². The Balaban J connectivity index is 1.98. The van der Waals surface area contributed by atoms with Crippen LogP contribution >= 0.6 is 0 Å². The predicted molar refractivity (Wildman–Crippen MR) is 71.5 cm³/mol. The first kappa shape index (κ1) is 13.6. The third-order valence-electron chi connectivity index (χ3n) is 3.54. The van der Waals surface area contributed by atoms with E-state index in [4.69, 9.17) is 5.11 Å². The molecule has 1 saturated carbocycles. The number of hydrogen-bond donors (Lipinski definition) is 2. The molecule has 19 heavy (non-hydrogen) atoms. The van der Waals surface area contributed by atoms with Crippen LogP contribution in [0.1, 0.15) is 37.8 Å². The van der Waals surface area contributed by atoms with Crippen molar-refractivity contribution in [1.29, 1.82) is 0 Å². The van der Waals surface area contributed by atoms with Gasteiger partial charge < -0.3 is 10.4 Å². The van der Waals surface area contributed by atoms with Gasteiger partial charge in [0.1, 0.15) is 0 Å². The number of carboxylic acids is 1. The summed E-state index contributed by atoms with van der Waals surface area (Å²) in [5, 5.41) is 11.8.